The number of ether oxygens (including phenoxy) is 2. The molecule has 1 atom stereocenters. The summed E-state index contributed by atoms with van der Waals surface area (Å²) in [7, 11) is 3.18. The smallest absolute Gasteiger partial charge is 0.414 e. The normalized spacial score (nSPS) is 19.5. The lowest BCUT2D eigenvalue weighted by Crippen LogP contribution is -2.36. The van der Waals surface area contributed by atoms with E-state index >= 15 is 0 Å². The third kappa shape index (κ3) is 3.59. The number of fused-ring (bicyclic) bond motifs is 1. The lowest BCUT2D eigenvalue weighted by atomic mass is 10.1. The van der Waals surface area contributed by atoms with E-state index in [1.807, 2.05) is 6.92 Å². The predicted molar refractivity (Wildman–Crippen MR) is 100 cm³/mol. The van der Waals surface area contributed by atoms with Crippen molar-refractivity contribution in [3.63, 3.8) is 0 Å². The maximum Gasteiger partial charge on any atom is 0.414 e. The fourth-order valence-corrected chi connectivity index (χ4v) is 3.03. The van der Waals surface area contributed by atoms with Crippen LogP contribution in [0.2, 0.25) is 0 Å². The lowest BCUT2D eigenvalue weighted by molar-refractivity contribution is -0.121. The molecule has 144 valence electrons. The van der Waals surface area contributed by atoms with Crippen molar-refractivity contribution in [3.05, 3.63) is 30.4 Å². The predicted octanol–water partition coefficient (Wildman–Crippen LogP) is 1.41. The number of carbonyl (C=O) groups excluding carboxylic acids is 2. The van der Waals surface area contributed by atoms with Crippen LogP contribution < -0.4 is 20.0 Å². The molecule has 2 amide bonds. The molecule has 0 spiro atoms. The molecule has 2 aliphatic heterocycles. The molecule has 0 radical (unpaired) electrons. The van der Waals surface area contributed by atoms with Gasteiger partial charge in [0, 0.05) is 12.6 Å². The van der Waals surface area contributed by atoms with Gasteiger partial charge < -0.3 is 14.4 Å². The van der Waals surface area contributed by atoms with Crippen LogP contribution >= 0.6 is 0 Å². The van der Waals surface area contributed by atoms with E-state index in [1.165, 1.54) is 13.2 Å². The van der Waals surface area contributed by atoms with Gasteiger partial charge in [-0.1, -0.05) is 6.58 Å². The van der Waals surface area contributed by atoms with Crippen LogP contribution in [0.5, 0.6) is 5.75 Å². The number of anilines is 2. The highest BCUT2D eigenvalue weighted by Crippen LogP contribution is 2.40. The number of rotatable bonds is 5. The van der Waals surface area contributed by atoms with Crippen molar-refractivity contribution in [2.24, 2.45) is 4.99 Å². The van der Waals surface area contributed by atoms with Gasteiger partial charge in [0.2, 0.25) is 0 Å². The third-order valence-electron chi connectivity index (χ3n) is 4.46. The van der Waals surface area contributed by atoms with Crippen LogP contribution in [0.4, 0.5) is 16.2 Å². The average molecular weight is 374 g/mol. The Labute approximate surface area is 157 Å². The van der Waals surface area contributed by atoms with Crippen molar-refractivity contribution in [3.8, 4) is 5.75 Å². The van der Waals surface area contributed by atoms with Gasteiger partial charge in [-0.15, -0.1) is 0 Å². The zero-order chi connectivity index (χ0) is 19.6. The van der Waals surface area contributed by atoms with E-state index in [1.54, 1.807) is 29.0 Å². The summed E-state index contributed by atoms with van der Waals surface area (Å²) in [6, 6.07) is 3.56. The van der Waals surface area contributed by atoms with Crippen molar-refractivity contribution in [1.82, 2.24) is 5.48 Å². The molecular formula is C18H22N4O5. The molecule has 1 fully saturated rings. The summed E-state index contributed by atoms with van der Waals surface area (Å²) in [6.45, 7) is 6.10. The summed E-state index contributed by atoms with van der Waals surface area (Å²) in [5.41, 5.74) is 4.74. The second kappa shape index (κ2) is 7.67. The summed E-state index contributed by atoms with van der Waals surface area (Å²) in [5, 5.41) is 0. The molecule has 1 aromatic rings. The Balaban J connectivity index is 1.78. The molecule has 27 heavy (non-hydrogen) atoms. The Hall–Kier alpha value is -3.07. The van der Waals surface area contributed by atoms with Gasteiger partial charge in [-0.05, 0) is 25.1 Å². The van der Waals surface area contributed by atoms with Gasteiger partial charge in [0.15, 0.2) is 6.61 Å². The molecule has 0 aliphatic carbocycles. The van der Waals surface area contributed by atoms with Crippen molar-refractivity contribution in [1.29, 1.82) is 0 Å². The van der Waals surface area contributed by atoms with Gasteiger partial charge in [0.25, 0.3) is 5.91 Å². The van der Waals surface area contributed by atoms with Crippen LogP contribution in [-0.2, 0) is 14.4 Å². The second-order valence-corrected chi connectivity index (χ2v) is 6.15. The molecular weight excluding hydrogens is 352 g/mol. The van der Waals surface area contributed by atoms with E-state index in [2.05, 4.69) is 17.1 Å². The van der Waals surface area contributed by atoms with E-state index in [0.717, 1.165) is 5.56 Å². The van der Waals surface area contributed by atoms with E-state index in [-0.39, 0.29) is 19.1 Å². The van der Waals surface area contributed by atoms with E-state index in [0.29, 0.717) is 29.5 Å². The number of hydroxylamine groups is 1. The van der Waals surface area contributed by atoms with Crippen LogP contribution in [0.25, 0.3) is 0 Å². The molecule has 1 saturated heterocycles. The highest BCUT2D eigenvalue weighted by Gasteiger charge is 2.35. The number of nitrogens with one attached hydrogen (secondary N) is 1. The molecule has 2 heterocycles. The zero-order valence-electron chi connectivity index (χ0n) is 15.5. The molecule has 0 saturated carbocycles. The quantitative estimate of drug-likeness (QED) is 0.476. The highest BCUT2D eigenvalue weighted by molar-refractivity contribution is 5.99. The number of cyclic esters (lactones) is 1. The van der Waals surface area contributed by atoms with Crippen molar-refractivity contribution in [2.45, 2.75) is 13.0 Å². The summed E-state index contributed by atoms with van der Waals surface area (Å²) in [6.07, 6.45) is 0.672. The molecule has 2 aliphatic rings. The van der Waals surface area contributed by atoms with Gasteiger partial charge in [0.1, 0.15) is 17.7 Å². The number of carbonyl (C=O) groups is 2. The van der Waals surface area contributed by atoms with Gasteiger partial charge in [0.05, 0.1) is 31.6 Å². The molecule has 1 unspecified atom stereocenters. The number of hydrogen-bond donors (Lipinski definition) is 1. The first-order valence-corrected chi connectivity index (χ1v) is 8.43. The summed E-state index contributed by atoms with van der Waals surface area (Å²) in [4.78, 5) is 36.3. The number of benzene rings is 1. The monoisotopic (exact) mass is 374 g/mol. The third-order valence-corrected chi connectivity index (χ3v) is 4.46. The Morgan fingerprint density at radius 2 is 2.19 bits per heavy atom. The van der Waals surface area contributed by atoms with E-state index in [4.69, 9.17) is 14.3 Å². The lowest BCUT2D eigenvalue weighted by Gasteiger charge is -2.29. The minimum Gasteiger partial charge on any atom is -0.481 e. The Morgan fingerprint density at radius 3 is 2.89 bits per heavy atom. The summed E-state index contributed by atoms with van der Waals surface area (Å²) >= 11 is 0. The average Bonchev–Trinajstić information content (AvgIpc) is 3.02. The SMILES string of the molecule is C=CC(=NCC1CN(c2ccc3c(c2C)OCC(=O)N3C)C(=O)O1)NOC. The molecule has 0 bridgehead atoms. The maximum absolute atomic E-state index is 12.4. The number of amides is 2. The summed E-state index contributed by atoms with van der Waals surface area (Å²) in [5.74, 6) is 0.941. The number of likely N-dealkylation sites (N-methyl/N-ethyl adjacent to an activating group) is 1. The van der Waals surface area contributed by atoms with E-state index < -0.39 is 12.2 Å². The van der Waals surface area contributed by atoms with Gasteiger partial charge in [-0.3, -0.25) is 19.5 Å². The van der Waals surface area contributed by atoms with Crippen LogP contribution in [0.1, 0.15) is 5.56 Å². The fourth-order valence-electron chi connectivity index (χ4n) is 3.03. The second-order valence-electron chi connectivity index (χ2n) is 6.15. The Bertz CT molecular complexity index is 807. The largest absolute Gasteiger partial charge is 0.481 e. The fraction of sp³-hybridized carbons (Fsp3) is 0.389. The van der Waals surface area contributed by atoms with Crippen molar-refractivity contribution >= 4 is 29.2 Å². The molecule has 3 rings (SSSR count). The Morgan fingerprint density at radius 1 is 1.44 bits per heavy atom. The van der Waals surface area contributed by atoms with Gasteiger partial charge in [-0.2, -0.15) is 0 Å². The van der Waals surface area contributed by atoms with Crippen molar-refractivity contribution in [2.75, 3.05) is 43.7 Å². The minimum atomic E-state index is -0.446. The van der Waals surface area contributed by atoms with Gasteiger partial charge in [-0.25, -0.2) is 10.3 Å². The standard InChI is InChI=1S/C18H22N4O5/c1-5-15(20-25-4)19-8-12-9-22(18(24)27-12)13-6-7-14-17(11(13)2)26-10-16(23)21(14)3/h5-7,12H,1,8-10H2,2-4H3,(H,19,20). The van der Waals surface area contributed by atoms with Crippen LogP contribution in [-0.4, -0.2) is 57.8 Å². The first kappa shape index (κ1) is 18.7. The van der Waals surface area contributed by atoms with Crippen molar-refractivity contribution < 1.29 is 23.9 Å². The molecule has 9 nitrogen and oxygen atoms in total. The number of aliphatic imine (C=N–C) groups is 1. The van der Waals surface area contributed by atoms with E-state index in [9.17, 15) is 9.59 Å². The first-order chi connectivity index (χ1) is 13.0. The number of hydrogen-bond acceptors (Lipinski definition) is 6. The van der Waals surface area contributed by atoms with Crippen LogP contribution in [0.3, 0.4) is 0 Å². The maximum atomic E-state index is 12.4. The first-order valence-electron chi connectivity index (χ1n) is 8.43. The zero-order valence-corrected chi connectivity index (χ0v) is 15.5. The summed E-state index contributed by atoms with van der Waals surface area (Å²) < 4.78 is 11.0. The molecule has 0 aromatic heterocycles. The Kier molecular flexibility index (Phi) is 5.31. The van der Waals surface area contributed by atoms with Gasteiger partial charge >= 0.3 is 6.09 Å². The number of nitrogens with zero attached hydrogens (tertiary/aromatic N) is 3. The van der Waals surface area contributed by atoms with Crippen LogP contribution in [0, 0.1) is 6.92 Å². The minimum absolute atomic E-state index is 0.0214. The number of amidine groups is 1. The highest BCUT2D eigenvalue weighted by atomic mass is 16.6. The molecule has 1 N–H and O–H groups in total. The van der Waals surface area contributed by atoms with Crippen LogP contribution in [0.15, 0.2) is 29.8 Å². The molecule has 9 heteroatoms. The molecule has 1 aromatic carbocycles. The topological polar surface area (TPSA) is 92.7 Å².